The number of methoxy groups -OCH3 is 1. The molecule has 26 heavy (non-hydrogen) atoms. The van der Waals surface area contributed by atoms with Crippen molar-refractivity contribution in [2.75, 3.05) is 12.4 Å². The standard InChI is InChI=1S/C20H26N4O2/c1-14-22-17(12-19(23-14)24-16-9-4-3-5-10-16)20(25)21-13-15-8-6-7-11-18(15)26-2/h6-8,11-12,16H,3-5,9-10,13H2,1-2H3,(H,21,25)(H,22,23,24). The number of hydrogen-bond acceptors (Lipinski definition) is 5. The van der Waals surface area contributed by atoms with E-state index in [2.05, 4.69) is 20.6 Å². The molecule has 6 nitrogen and oxygen atoms in total. The van der Waals surface area contributed by atoms with Gasteiger partial charge in [-0.25, -0.2) is 9.97 Å². The molecule has 1 aromatic carbocycles. The number of hydrogen-bond donors (Lipinski definition) is 2. The van der Waals surface area contributed by atoms with Gasteiger partial charge in [-0.2, -0.15) is 0 Å². The second-order valence-corrected chi connectivity index (χ2v) is 6.66. The van der Waals surface area contributed by atoms with Crippen molar-refractivity contribution < 1.29 is 9.53 Å². The third-order valence-electron chi connectivity index (χ3n) is 4.66. The highest BCUT2D eigenvalue weighted by atomic mass is 16.5. The van der Waals surface area contributed by atoms with Gasteiger partial charge in [0.2, 0.25) is 0 Å². The Kier molecular flexibility index (Phi) is 6.04. The van der Waals surface area contributed by atoms with Crippen LogP contribution in [0.4, 0.5) is 5.82 Å². The minimum Gasteiger partial charge on any atom is -0.496 e. The van der Waals surface area contributed by atoms with Crippen LogP contribution in [0.25, 0.3) is 0 Å². The molecule has 138 valence electrons. The van der Waals surface area contributed by atoms with Crippen molar-refractivity contribution in [3.05, 3.63) is 47.4 Å². The molecule has 0 atom stereocenters. The summed E-state index contributed by atoms with van der Waals surface area (Å²) < 4.78 is 5.32. The van der Waals surface area contributed by atoms with Crippen LogP contribution in [0.1, 0.15) is 54.0 Å². The Bertz CT molecular complexity index is 757. The molecule has 1 aliphatic rings. The number of amides is 1. The molecule has 2 aromatic rings. The van der Waals surface area contributed by atoms with Gasteiger partial charge in [0.1, 0.15) is 23.1 Å². The van der Waals surface area contributed by atoms with E-state index in [0.717, 1.165) is 30.0 Å². The van der Waals surface area contributed by atoms with Gasteiger partial charge in [0, 0.05) is 24.2 Å². The van der Waals surface area contributed by atoms with Crippen molar-refractivity contribution in [3.63, 3.8) is 0 Å². The van der Waals surface area contributed by atoms with Crippen molar-refractivity contribution >= 4 is 11.7 Å². The summed E-state index contributed by atoms with van der Waals surface area (Å²) in [4.78, 5) is 21.3. The van der Waals surface area contributed by atoms with Crippen LogP contribution in [0.3, 0.4) is 0 Å². The number of nitrogens with zero attached hydrogens (tertiary/aromatic N) is 2. The summed E-state index contributed by atoms with van der Waals surface area (Å²) in [6.45, 7) is 2.19. The number of aryl methyl sites for hydroxylation is 1. The van der Waals surface area contributed by atoms with Gasteiger partial charge in [0.25, 0.3) is 5.91 Å². The predicted octanol–water partition coefficient (Wildman–Crippen LogP) is 3.47. The lowest BCUT2D eigenvalue weighted by Crippen LogP contribution is -2.26. The number of rotatable bonds is 6. The molecule has 0 saturated heterocycles. The fourth-order valence-corrected chi connectivity index (χ4v) is 3.33. The van der Waals surface area contributed by atoms with E-state index >= 15 is 0 Å². The zero-order chi connectivity index (χ0) is 18.4. The molecule has 6 heteroatoms. The zero-order valence-electron chi connectivity index (χ0n) is 15.4. The van der Waals surface area contributed by atoms with E-state index in [1.807, 2.05) is 31.2 Å². The van der Waals surface area contributed by atoms with E-state index in [4.69, 9.17) is 4.74 Å². The fraction of sp³-hybridized carbons (Fsp3) is 0.450. The Morgan fingerprint density at radius 2 is 1.96 bits per heavy atom. The second-order valence-electron chi connectivity index (χ2n) is 6.66. The number of ether oxygens (including phenoxy) is 1. The number of nitrogens with one attached hydrogen (secondary N) is 2. The van der Waals surface area contributed by atoms with Crippen molar-refractivity contribution in [2.45, 2.75) is 51.6 Å². The van der Waals surface area contributed by atoms with Crippen LogP contribution in [-0.2, 0) is 6.54 Å². The number of aromatic nitrogens is 2. The van der Waals surface area contributed by atoms with Gasteiger partial charge >= 0.3 is 0 Å². The number of benzene rings is 1. The maximum atomic E-state index is 12.5. The summed E-state index contributed by atoms with van der Waals surface area (Å²) in [5, 5.41) is 6.37. The van der Waals surface area contributed by atoms with Gasteiger partial charge in [0.15, 0.2) is 0 Å². The van der Waals surface area contributed by atoms with E-state index in [1.165, 1.54) is 19.3 Å². The quantitative estimate of drug-likeness (QED) is 0.831. The molecule has 1 aromatic heterocycles. The average Bonchev–Trinajstić information content (AvgIpc) is 2.66. The van der Waals surface area contributed by atoms with Gasteiger partial charge in [0.05, 0.1) is 7.11 Å². The summed E-state index contributed by atoms with van der Waals surface area (Å²) in [6, 6.07) is 9.80. The zero-order valence-corrected chi connectivity index (χ0v) is 15.4. The molecule has 1 amide bonds. The van der Waals surface area contributed by atoms with Crippen molar-refractivity contribution in [2.24, 2.45) is 0 Å². The van der Waals surface area contributed by atoms with Crippen LogP contribution in [0.15, 0.2) is 30.3 Å². The summed E-state index contributed by atoms with van der Waals surface area (Å²) in [7, 11) is 1.62. The highest BCUT2D eigenvalue weighted by Crippen LogP contribution is 2.21. The van der Waals surface area contributed by atoms with Crippen LogP contribution in [0.5, 0.6) is 5.75 Å². The molecule has 0 aliphatic heterocycles. The molecule has 1 saturated carbocycles. The smallest absolute Gasteiger partial charge is 0.270 e. The maximum Gasteiger partial charge on any atom is 0.270 e. The molecule has 1 fully saturated rings. The number of anilines is 1. The minimum atomic E-state index is -0.215. The van der Waals surface area contributed by atoms with Gasteiger partial charge in [-0.05, 0) is 25.8 Å². The third-order valence-corrected chi connectivity index (χ3v) is 4.66. The van der Waals surface area contributed by atoms with E-state index in [9.17, 15) is 4.79 Å². The normalized spacial score (nSPS) is 14.7. The van der Waals surface area contributed by atoms with E-state index < -0.39 is 0 Å². The van der Waals surface area contributed by atoms with Crippen LogP contribution in [0, 0.1) is 6.92 Å². The Morgan fingerprint density at radius 1 is 1.19 bits per heavy atom. The lowest BCUT2D eigenvalue weighted by Gasteiger charge is -2.23. The molecule has 3 rings (SSSR count). The van der Waals surface area contributed by atoms with Crippen molar-refractivity contribution in [1.82, 2.24) is 15.3 Å². The SMILES string of the molecule is COc1ccccc1CNC(=O)c1cc(NC2CCCCC2)nc(C)n1. The first-order valence-electron chi connectivity index (χ1n) is 9.18. The molecular weight excluding hydrogens is 328 g/mol. The molecule has 0 radical (unpaired) electrons. The van der Waals surface area contributed by atoms with Crippen molar-refractivity contribution in [1.29, 1.82) is 0 Å². The second kappa shape index (κ2) is 8.65. The number of carbonyl (C=O) groups is 1. The van der Waals surface area contributed by atoms with Crippen LogP contribution >= 0.6 is 0 Å². The lowest BCUT2D eigenvalue weighted by atomic mass is 9.95. The Morgan fingerprint density at radius 3 is 2.73 bits per heavy atom. The maximum absolute atomic E-state index is 12.5. The highest BCUT2D eigenvalue weighted by molar-refractivity contribution is 5.92. The van der Waals surface area contributed by atoms with Crippen LogP contribution in [0.2, 0.25) is 0 Å². The first-order valence-corrected chi connectivity index (χ1v) is 9.18. The fourth-order valence-electron chi connectivity index (χ4n) is 3.33. The molecular formula is C20H26N4O2. The Balaban J connectivity index is 1.66. The number of para-hydroxylation sites is 1. The summed E-state index contributed by atoms with van der Waals surface area (Å²) in [5.74, 6) is 1.86. The topological polar surface area (TPSA) is 76.1 Å². The Labute approximate surface area is 154 Å². The predicted molar refractivity (Wildman–Crippen MR) is 101 cm³/mol. The molecule has 1 heterocycles. The molecule has 2 N–H and O–H groups in total. The van der Waals surface area contributed by atoms with Gasteiger partial charge in [-0.15, -0.1) is 0 Å². The largest absolute Gasteiger partial charge is 0.496 e. The lowest BCUT2D eigenvalue weighted by molar-refractivity contribution is 0.0945. The average molecular weight is 354 g/mol. The first-order chi connectivity index (χ1) is 12.7. The summed E-state index contributed by atoms with van der Waals surface area (Å²) in [6.07, 6.45) is 6.09. The summed E-state index contributed by atoms with van der Waals surface area (Å²) in [5.41, 5.74) is 1.31. The van der Waals surface area contributed by atoms with E-state index in [1.54, 1.807) is 13.2 Å². The van der Waals surface area contributed by atoms with Gasteiger partial charge < -0.3 is 15.4 Å². The monoisotopic (exact) mass is 354 g/mol. The summed E-state index contributed by atoms with van der Waals surface area (Å²) >= 11 is 0. The van der Waals surface area contributed by atoms with E-state index in [0.29, 0.717) is 24.1 Å². The Hall–Kier alpha value is -2.63. The number of carbonyl (C=O) groups excluding carboxylic acids is 1. The van der Waals surface area contributed by atoms with E-state index in [-0.39, 0.29) is 5.91 Å². The molecule has 1 aliphatic carbocycles. The van der Waals surface area contributed by atoms with Gasteiger partial charge in [-0.3, -0.25) is 4.79 Å². The van der Waals surface area contributed by atoms with Crippen molar-refractivity contribution in [3.8, 4) is 5.75 Å². The molecule has 0 unspecified atom stereocenters. The van der Waals surface area contributed by atoms with Crippen LogP contribution < -0.4 is 15.4 Å². The van der Waals surface area contributed by atoms with Gasteiger partial charge in [-0.1, -0.05) is 37.5 Å². The first kappa shape index (κ1) is 18.2. The molecule has 0 bridgehead atoms. The third kappa shape index (κ3) is 4.71. The molecule has 0 spiro atoms. The minimum absolute atomic E-state index is 0.215. The highest BCUT2D eigenvalue weighted by Gasteiger charge is 2.16. The van der Waals surface area contributed by atoms with Crippen LogP contribution in [-0.4, -0.2) is 29.0 Å².